The lowest BCUT2D eigenvalue weighted by atomic mass is 10.3. The maximum atomic E-state index is 11.9. The zero-order valence-electron chi connectivity index (χ0n) is 19.5. The number of carbonyl (C=O) groups is 1. The highest BCUT2D eigenvalue weighted by atomic mass is 127. The SMILES string of the molecule is CC(C)N(C(C)C)P(SCCOCCSC(=O)C(C)(C)I)N(C(C)C)C(C)C. The second kappa shape index (κ2) is 14.5. The molecule has 0 unspecified atom stereocenters. The lowest BCUT2D eigenvalue weighted by molar-refractivity contribution is -0.111. The zero-order valence-corrected chi connectivity index (χ0v) is 24.2. The van der Waals surface area contributed by atoms with Crippen LogP contribution in [-0.2, 0) is 9.53 Å². The molecule has 4 nitrogen and oxygen atoms in total. The average Bonchev–Trinajstić information content (AvgIpc) is 2.50. The van der Waals surface area contributed by atoms with Crippen molar-refractivity contribution in [1.82, 2.24) is 9.34 Å². The maximum Gasteiger partial charge on any atom is 0.204 e. The van der Waals surface area contributed by atoms with E-state index in [1.165, 1.54) is 11.8 Å². The molecule has 168 valence electrons. The van der Waals surface area contributed by atoms with Crippen molar-refractivity contribution in [2.24, 2.45) is 0 Å². The van der Waals surface area contributed by atoms with Crippen LogP contribution in [0.5, 0.6) is 0 Å². The maximum absolute atomic E-state index is 11.9. The Kier molecular flexibility index (Phi) is 15.2. The summed E-state index contributed by atoms with van der Waals surface area (Å²) in [6, 6.07) is 2.05. The number of rotatable bonds is 14. The molecule has 0 rings (SSSR count). The summed E-state index contributed by atoms with van der Waals surface area (Å²) in [4.78, 5) is 11.9. The molecule has 8 heteroatoms. The summed E-state index contributed by atoms with van der Waals surface area (Å²) in [7, 11) is -0.453. The van der Waals surface area contributed by atoms with Gasteiger partial charge in [-0.2, -0.15) is 0 Å². The van der Waals surface area contributed by atoms with Crippen LogP contribution in [-0.4, -0.2) is 66.8 Å². The monoisotopic (exact) mass is 564 g/mol. The van der Waals surface area contributed by atoms with Crippen molar-refractivity contribution >= 4 is 58.3 Å². The molecule has 0 radical (unpaired) electrons. The van der Waals surface area contributed by atoms with Crippen LogP contribution in [0.25, 0.3) is 0 Å². The highest BCUT2D eigenvalue weighted by molar-refractivity contribution is 14.1. The normalized spacial score (nSPS) is 13.4. The third-order valence-corrected chi connectivity index (χ3v) is 11.5. The van der Waals surface area contributed by atoms with Gasteiger partial charge in [0.05, 0.1) is 16.6 Å². The van der Waals surface area contributed by atoms with Crippen LogP contribution in [0.2, 0.25) is 0 Å². The number of ether oxygens (including phenoxy) is 1. The standard InChI is InChI=1S/C20H42IN2O2PS2/c1-15(2)22(16(3)4)26(23(17(5)6)18(7)8)28-14-12-25-11-13-27-19(24)20(9,10)21/h15-18H,11-14H2,1-10H3. The van der Waals surface area contributed by atoms with Crippen molar-refractivity contribution in [3.05, 3.63) is 0 Å². The number of halogens is 1. The molecular formula is C20H42IN2O2PS2. The van der Waals surface area contributed by atoms with Gasteiger partial charge in [0.15, 0.2) is 0 Å². The molecule has 0 aromatic carbocycles. The summed E-state index contributed by atoms with van der Waals surface area (Å²) in [6.45, 7) is 23.7. The Morgan fingerprint density at radius 1 is 0.893 bits per heavy atom. The number of alkyl halides is 1. The fraction of sp³-hybridized carbons (Fsp3) is 0.950. The highest BCUT2D eigenvalue weighted by Gasteiger charge is 2.33. The molecule has 0 heterocycles. The molecule has 0 fully saturated rings. The van der Waals surface area contributed by atoms with Crippen LogP contribution in [0.4, 0.5) is 0 Å². The second-order valence-corrected chi connectivity index (χ2v) is 16.1. The van der Waals surface area contributed by atoms with Gasteiger partial charge in [-0.05, 0) is 69.2 Å². The van der Waals surface area contributed by atoms with E-state index in [0.717, 1.165) is 18.1 Å². The van der Waals surface area contributed by atoms with Crippen LogP contribution >= 0.6 is 53.2 Å². The lowest BCUT2D eigenvalue weighted by Crippen LogP contribution is -2.41. The number of hydrogen-bond acceptors (Lipinski definition) is 6. The Balaban J connectivity index is 4.68. The van der Waals surface area contributed by atoms with Gasteiger partial charge >= 0.3 is 0 Å². The van der Waals surface area contributed by atoms with Crippen molar-refractivity contribution < 1.29 is 9.53 Å². The van der Waals surface area contributed by atoms with E-state index < -0.39 is 7.42 Å². The van der Waals surface area contributed by atoms with E-state index in [0.29, 0.717) is 30.8 Å². The van der Waals surface area contributed by atoms with Crippen LogP contribution in [0, 0.1) is 0 Å². The van der Waals surface area contributed by atoms with Crippen LogP contribution < -0.4 is 0 Å². The summed E-state index contributed by atoms with van der Waals surface area (Å²) in [5.41, 5.74) is 0. The summed E-state index contributed by atoms with van der Waals surface area (Å²) in [5.74, 6) is 1.72. The van der Waals surface area contributed by atoms with E-state index in [9.17, 15) is 4.79 Å². The molecule has 0 aliphatic carbocycles. The first-order valence-electron chi connectivity index (χ1n) is 10.2. The van der Waals surface area contributed by atoms with Crippen molar-refractivity contribution in [3.63, 3.8) is 0 Å². The topological polar surface area (TPSA) is 32.8 Å². The summed E-state index contributed by atoms with van der Waals surface area (Å²) < 4.78 is 10.8. The smallest absolute Gasteiger partial charge is 0.204 e. The highest BCUT2D eigenvalue weighted by Crippen LogP contribution is 2.59. The molecule has 0 amide bonds. The number of nitrogens with zero attached hydrogens (tertiary/aromatic N) is 2. The molecule has 0 aliphatic rings. The van der Waals surface area contributed by atoms with Gasteiger partial charge in [-0.1, -0.05) is 45.7 Å². The predicted molar refractivity (Wildman–Crippen MR) is 140 cm³/mol. The minimum Gasteiger partial charge on any atom is -0.380 e. The van der Waals surface area contributed by atoms with Gasteiger partial charge in [0.2, 0.25) is 5.12 Å². The summed E-state index contributed by atoms with van der Waals surface area (Å²) in [6.07, 6.45) is 0. The minimum atomic E-state index is -0.453. The first-order valence-corrected chi connectivity index (χ1v) is 15.1. The fourth-order valence-electron chi connectivity index (χ4n) is 2.88. The van der Waals surface area contributed by atoms with Gasteiger partial charge < -0.3 is 4.74 Å². The van der Waals surface area contributed by atoms with Crippen molar-refractivity contribution in [2.45, 2.75) is 96.8 Å². The summed E-state index contributed by atoms with van der Waals surface area (Å²) in [5, 5.41) is 0.226. The molecule has 0 saturated heterocycles. The molecule has 0 aromatic heterocycles. The van der Waals surface area contributed by atoms with E-state index >= 15 is 0 Å². The van der Waals surface area contributed by atoms with Crippen molar-refractivity contribution in [2.75, 3.05) is 24.7 Å². The van der Waals surface area contributed by atoms with Gasteiger partial charge in [0.1, 0.15) is 7.42 Å². The average molecular weight is 565 g/mol. The molecule has 0 bridgehead atoms. The van der Waals surface area contributed by atoms with E-state index in [4.69, 9.17) is 4.74 Å². The van der Waals surface area contributed by atoms with E-state index in [1.54, 1.807) is 0 Å². The van der Waals surface area contributed by atoms with Gasteiger partial charge in [-0.3, -0.25) is 14.1 Å². The second-order valence-electron chi connectivity index (χ2n) is 8.44. The van der Waals surface area contributed by atoms with Gasteiger partial charge in [-0.25, -0.2) is 0 Å². The van der Waals surface area contributed by atoms with Crippen LogP contribution in [0.15, 0.2) is 0 Å². The summed E-state index contributed by atoms with van der Waals surface area (Å²) >= 11 is 5.61. The predicted octanol–water partition coefficient (Wildman–Crippen LogP) is 6.67. The molecule has 0 spiro atoms. The Hall–Kier alpha value is 1.41. The van der Waals surface area contributed by atoms with Crippen LogP contribution in [0.1, 0.15) is 69.2 Å². The largest absolute Gasteiger partial charge is 0.380 e. The molecule has 0 aromatic rings. The van der Waals surface area contributed by atoms with Crippen molar-refractivity contribution in [3.8, 4) is 0 Å². The van der Waals surface area contributed by atoms with E-state index in [2.05, 4.69) is 87.3 Å². The molecule has 28 heavy (non-hydrogen) atoms. The Bertz CT molecular complexity index is 410. The van der Waals surface area contributed by atoms with Crippen molar-refractivity contribution in [1.29, 1.82) is 0 Å². The molecule has 0 aliphatic heterocycles. The molecule has 0 saturated carbocycles. The number of carbonyl (C=O) groups excluding carboxylic acids is 1. The first kappa shape index (κ1) is 29.4. The Labute approximate surface area is 197 Å². The first-order chi connectivity index (χ1) is 12.8. The van der Waals surface area contributed by atoms with Gasteiger partial charge in [0.25, 0.3) is 0 Å². The Morgan fingerprint density at radius 3 is 1.64 bits per heavy atom. The van der Waals surface area contributed by atoms with Gasteiger partial charge in [-0.15, -0.1) is 0 Å². The van der Waals surface area contributed by atoms with E-state index in [1.807, 2.05) is 25.2 Å². The molecule has 0 atom stereocenters. The fourth-order valence-corrected chi connectivity index (χ4v) is 10.3. The Morgan fingerprint density at radius 2 is 1.29 bits per heavy atom. The number of thioether (sulfide) groups is 1. The third-order valence-electron chi connectivity index (χ3n) is 3.89. The van der Waals surface area contributed by atoms with E-state index in [-0.39, 0.29) is 8.54 Å². The third kappa shape index (κ3) is 11.1. The van der Waals surface area contributed by atoms with Crippen LogP contribution in [0.3, 0.4) is 0 Å². The molecule has 0 N–H and O–H groups in total. The quantitative estimate of drug-likeness (QED) is 0.101. The van der Waals surface area contributed by atoms with Gasteiger partial charge in [0, 0.05) is 35.7 Å². The number of hydrogen-bond donors (Lipinski definition) is 0. The lowest BCUT2D eigenvalue weighted by Gasteiger charge is -2.46. The zero-order chi connectivity index (χ0) is 22.1. The minimum absolute atomic E-state index is 0.226. The molecular weight excluding hydrogens is 522 g/mol.